The highest BCUT2D eigenvalue weighted by Gasteiger charge is 2.24. The molecule has 0 aromatic heterocycles. The molecule has 1 unspecified atom stereocenters. The van der Waals surface area contributed by atoms with E-state index in [-0.39, 0.29) is 5.54 Å². The lowest BCUT2D eigenvalue weighted by atomic mass is 9.99. The number of rotatable bonds is 5. The fourth-order valence-corrected chi connectivity index (χ4v) is 2.59. The molecule has 4 heteroatoms. The SMILES string of the molecule is CCC(C)(N)CN1CCN(c2cccc(OC)c2)CC1. The standard InChI is InChI=1S/C16H27N3O/c1-4-16(2,17)13-18-8-10-19(11-9-18)14-6-5-7-15(12-14)20-3/h5-7,12H,4,8-11,13,17H2,1-3H3. The molecule has 112 valence electrons. The lowest BCUT2D eigenvalue weighted by Crippen LogP contribution is -2.54. The van der Waals surface area contributed by atoms with Gasteiger partial charge >= 0.3 is 0 Å². The van der Waals surface area contributed by atoms with Crippen LogP contribution in [0.2, 0.25) is 0 Å². The van der Waals surface area contributed by atoms with Gasteiger partial charge in [-0.1, -0.05) is 13.0 Å². The maximum atomic E-state index is 6.26. The Kier molecular flexibility index (Phi) is 4.89. The van der Waals surface area contributed by atoms with E-state index in [1.807, 2.05) is 6.07 Å². The average molecular weight is 277 g/mol. The lowest BCUT2D eigenvalue weighted by Gasteiger charge is -2.39. The Morgan fingerprint density at radius 3 is 2.55 bits per heavy atom. The van der Waals surface area contributed by atoms with Crippen LogP contribution in [0.3, 0.4) is 0 Å². The molecular formula is C16H27N3O. The molecule has 0 radical (unpaired) electrons. The number of hydrogen-bond acceptors (Lipinski definition) is 4. The molecule has 0 amide bonds. The summed E-state index contributed by atoms with van der Waals surface area (Å²) < 4.78 is 5.29. The van der Waals surface area contributed by atoms with Gasteiger partial charge in [-0.2, -0.15) is 0 Å². The second kappa shape index (κ2) is 6.46. The van der Waals surface area contributed by atoms with Crippen LogP contribution in [-0.2, 0) is 0 Å². The minimum absolute atomic E-state index is 0.0713. The maximum Gasteiger partial charge on any atom is 0.120 e. The molecule has 4 nitrogen and oxygen atoms in total. The highest BCUT2D eigenvalue weighted by atomic mass is 16.5. The summed E-state index contributed by atoms with van der Waals surface area (Å²) in [5.74, 6) is 0.922. The van der Waals surface area contributed by atoms with Gasteiger partial charge in [0.15, 0.2) is 0 Å². The summed E-state index contributed by atoms with van der Waals surface area (Å²) in [7, 11) is 1.71. The van der Waals surface area contributed by atoms with Gasteiger partial charge in [0.05, 0.1) is 7.11 Å². The van der Waals surface area contributed by atoms with E-state index in [4.69, 9.17) is 10.5 Å². The van der Waals surface area contributed by atoms with Gasteiger partial charge in [-0.05, 0) is 25.5 Å². The number of methoxy groups -OCH3 is 1. The summed E-state index contributed by atoms with van der Waals surface area (Å²) in [5, 5.41) is 0. The number of hydrogen-bond donors (Lipinski definition) is 1. The van der Waals surface area contributed by atoms with Crippen molar-refractivity contribution in [1.29, 1.82) is 0 Å². The molecular weight excluding hydrogens is 250 g/mol. The van der Waals surface area contributed by atoms with Crippen molar-refractivity contribution in [2.24, 2.45) is 5.73 Å². The van der Waals surface area contributed by atoms with Crippen molar-refractivity contribution in [2.45, 2.75) is 25.8 Å². The van der Waals surface area contributed by atoms with Crippen molar-refractivity contribution < 1.29 is 4.74 Å². The summed E-state index contributed by atoms with van der Waals surface area (Å²) in [6.07, 6.45) is 1.02. The molecule has 1 saturated heterocycles. The number of piperazine rings is 1. The van der Waals surface area contributed by atoms with Crippen LogP contribution in [0.4, 0.5) is 5.69 Å². The van der Waals surface area contributed by atoms with Gasteiger partial charge < -0.3 is 15.4 Å². The van der Waals surface area contributed by atoms with E-state index in [2.05, 4.69) is 41.8 Å². The number of ether oxygens (including phenoxy) is 1. The molecule has 0 bridgehead atoms. The Bertz CT molecular complexity index is 425. The summed E-state index contributed by atoms with van der Waals surface area (Å²) in [5.41, 5.74) is 7.43. The molecule has 0 saturated carbocycles. The van der Waals surface area contributed by atoms with E-state index in [0.717, 1.165) is 44.9 Å². The Balaban J connectivity index is 1.90. The zero-order valence-electron chi connectivity index (χ0n) is 12.9. The largest absolute Gasteiger partial charge is 0.497 e. The van der Waals surface area contributed by atoms with E-state index in [1.54, 1.807) is 7.11 Å². The molecule has 0 spiro atoms. The first kappa shape index (κ1) is 15.1. The molecule has 2 N–H and O–H groups in total. The highest BCUT2D eigenvalue weighted by Crippen LogP contribution is 2.22. The third kappa shape index (κ3) is 3.87. The molecule has 1 aliphatic rings. The van der Waals surface area contributed by atoms with Crippen molar-refractivity contribution >= 4 is 5.69 Å². The van der Waals surface area contributed by atoms with Crippen LogP contribution in [-0.4, -0.2) is 50.3 Å². The van der Waals surface area contributed by atoms with Gasteiger partial charge in [-0.3, -0.25) is 4.90 Å². The Morgan fingerprint density at radius 1 is 1.25 bits per heavy atom. The maximum absolute atomic E-state index is 6.26. The van der Waals surface area contributed by atoms with Crippen LogP contribution in [0.5, 0.6) is 5.75 Å². The summed E-state index contributed by atoms with van der Waals surface area (Å²) in [6.45, 7) is 9.53. The zero-order valence-corrected chi connectivity index (χ0v) is 12.9. The minimum atomic E-state index is -0.0713. The van der Waals surface area contributed by atoms with Gasteiger partial charge in [0.1, 0.15) is 5.75 Å². The molecule has 2 rings (SSSR count). The predicted molar refractivity (Wildman–Crippen MR) is 84.5 cm³/mol. The average Bonchev–Trinajstić information content (AvgIpc) is 2.48. The molecule has 1 aromatic rings. The Labute approximate surface area is 122 Å². The Hall–Kier alpha value is -1.26. The van der Waals surface area contributed by atoms with E-state index in [1.165, 1.54) is 5.69 Å². The number of nitrogens with two attached hydrogens (primary N) is 1. The fourth-order valence-electron chi connectivity index (χ4n) is 2.59. The van der Waals surface area contributed by atoms with Gasteiger partial charge in [-0.15, -0.1) is 0 Å². The van der Waals surface area contributed by atoms with Crippen molar-refractivity contribution in [3.8, 4) is 5.75 Å². The van der Waals surface area contributed by atoms with Gasteiger partial charge in [-0.25, -0.2) is 0 Å². The molecule has 0 aliphatic carbocycles. The van der Waals surface area contributed by atoms with E-state index < -0.39 is 0 Å². The molecule has 1 aliphatic heterocycles. The van der Waals surface area contributed by atoms with Crippen LogP contribution < -0.4 is 15.4 Å². The van der Waals surface area contributed by atoms with Gasteiger partial charge in [0, 0.05) is 50.0 Å². The quantitative estimate of drug-likeness (QED) is 0.893. The molecule has 1 aromatic carbocycles. The third-order valence-electron chi connectivity index (χ3n) is 4.18. The van der Waals surface area contributed by atoms with Crippen LogP contribution >= 0.6 is 0 Å². The minimum Gasteiger partial charge on any atom is -0.497 e. The van der Waals surface area contributed by atoms with Crippen LogP contribution in [0.15, 0.2) is 24.3 Å². The van der Waals surface area contributed by atoms with Crippen molar-refractivity contribution in [3.05, 3.63) is 24.3 Å². The zero-order chi connectivity index (χ0) is 14.6. The summed E-state index contributed by atoms with van der Waals surface area (Å²) in [4.78, 5) is 4.89. The number of anilines is 1. The predicted octanol–water partition coefficient (Wildman–Crippen LogP) is 1.94. The van der Waals surface area contributed by atoms with Crippen molar-refractivity contribution in [1.82, 2.24) is 4.90 Å². The van der Waals surface area contributed by atoms with E-state index in [9.17, 15) is 0 Å². The van der Waals surface area contributed by atoms with Crippen LogP contribution in [0.1, 0.15) is 20.3 Å². The molecule has 1 fully saturated rings. The molecule has 20 heavy (non-hydrogen) atoms. The van der Waals surface area contributed by atoms with E-state index in [0.29, 0.717) is 0 Å². The highest BCUT2D eigenvalue weighted by molar-refractivity contribution is 5.51. The molecule has 1 atom stereocenters. The topological polar surface area (TPSA) is 41.7 Å². The van der Waals surface area contributed by atoms with Crippen molar-refractivity contribution in [3.63, 3.8) is 0 Å². The summed E-state index contributed by atoms with van der Waals surface area (Å²) in [6, 6.07) is 8.29. The van der Waals surface area contributed by atoms with Crippen molar-refractivity contribution in [2.75, 3.05) is 44.7 Å². The monoisotopic (exact) mass is 277 g/mol. The smallest absolute Gasteiger partial charge is 0.120 e. The second-order valence-corrected chi connectivity index (χ2v) is 5.97. The first-order valence-corrected chi connectivity index (χ1v) is 7.44. The van der Waals surface area contributed by atoms with Crippen LogP contribution in [0, 0.1) is 0 Å². The Morgan fingerprint density at radius 2 is 1.95 bits per heavy atom. The third-order valence-corrected chi connectivity index (χ3v) is 4.18. The van der Waals surface area contributed by atoms with Crippen LogP contribution in [0.25, 0.3) is 0 Å². The first-order chi connectivity index (χ1) is 9.54. The van der Waals surface area contributed by atoms with Gasteiger partial charge in [0.2, 0.25) is 0 Å². The number of nitrogens with zero attached hydrogens (tertiary/aromatic N) is 2. The van der Waals surface area contributed by atoms with Gasteiger partial charge in [0.25, 0.3) is 0 Å². The molecule has 1 heterocycles. The first-order valence-electron chi connectivity index (χ1n) is 7.44. The van der Waals surface area contributed by atoms with E-state index >= 15 is 0 Å². The second-order valence-electron chi connectivity index (χ2n) is 5.97. The summed E-state index contributed by atoms with van der Waals surface area (Å²) >= 11 is 0. The fraction of sp³-hybridized carbons (Fsp3) is 0.625. The lowest BCUT2D eigenvalue weighted by molar-refractivity contribution is 0.203. The number of benzene rings is 1. The normalized spacial score (nSPS) is 19.7.